The maximum atomic E-state index is 12.0. The SMILES string of the molecule is CCCS(N)(=O)=O.Fc1c2ccc-2c1F. The number of rotatable bonds is 2. The van der Waals surface area contributed by atoms with Crippen molar-refractivity contribution < 1.29 is 17.2 Å². The van der Waals surface area contributed by atoms with Crippen LogP contribution in [0.25, 0.3) is 11.1 Å². The zero-order valence-electron chi connectivity index (χ0n) is 8.13. The Kier molecular flexibility index (Phi) is 3.41. The monoisotopic (exact) mass is 235 g/mol. The summed E-state index contributed by atoms with van der Waals surface area (Å²) < 4.78 is 44.0. The molecule has 3 nitrogen and oxygen atoms in total. The minimum atomic E-state index is -3.17. The Morgan fingerprint density at radius 3 is 1.67 bits per heavy atom. The Labute approximate surface area is 87.0 Å². The Balaban J connectivity index is 0.000000153. The van der Waals surface area contributed by atoms with Gasteiger partial charge in [0.05, 0.1) is 5.75 Å². The van der Waals surface area contributed by atoms with E-state index in [0.29, 0.717) is 17.5 Å². The Hall–Kier alpha value is -1.01. The second-order valence-corrected chi connectivity index (χ2v) is 4.89. The van der Waals surface area contributed by atoms with E-state index in [0.717, 1.165) is 0 Å². The summed E-state index contributed by atoms with van der Waals surface area (Å²) in [5, 5.41) is 4.62. The van der Waals surface area contributed by atoms with Crippen molar-refractivity contribution in [1.29, 1.82) is 0 Å². The first kappa shape index (κ1) is 12.1. The van der Waals surface area contributed by atoms with Crippen LogP contribution < -0.4 is 5.14 Å². The molecule has 0 fully saturated rings. The summed E-state index contributed by atoms with van der Waals surface area (Å²) in [5.74, 6) is -1.27. The summed E-state index contributed by atoms with van der Waals surface area (Å²) in [6.07, 6.45) is 0.596. The van der Waals surface area contributed by atoms with Crippen molar-refractivity contribution in [2.24, 2.45) is 5.14 Å². The van der Waals surface area contributed by atoms with Crippen LogP contribution in [0.4, 0.5) is 8.78 Å². The maximum Gasteiger partial charge on any atom is 0.209 e. The minimum Gasteiger partial charge on any atom is -0.229 e. The van der Waals surface area contributed by atoms with Gasteiger partial charge in [0.25, 0.3) is 0 Å². The van der Waals surface area contributed by atoms with Crippen LogP contribution in [0.5, 0.6) is 0 Å². The molecule has 6 heteroatoms. The molecular formula is C9H11F2NO2S. The highest BCUT2D eigenvalue weighted by Crippen LogP contribution is 2.38. The molecule has 0 unspecified atom stereocenters. The second kappa shape index (κ2) is 4.24. The molecule has 0 amide bonds. The Morgan fingerprint density at radius 2 is 1.60 bits per heavy atom. The second-order valence-electron chi connectivity index (χ2n) is 3.16. The number of benzene rings is 1. The van der Waals surface area contributed by atoms with Crippen molar-refractivity contribution in [2.45, 2.75) is 13.3 Å². The van der Waals surface area contributed by atoms with Crippen molar-refractivity contribution in [3.8, 4) is 11.1 Å². The van der Waals surface area contributed by atoms with E-state index in [9.17, 15) is 17.2 Å². The molecule has 2 rings (SSSR count). The number of sulfonamides is 1. The van der Waals surface area contributed by atoms with Gasteiger partial charge in [-0.05, 0) is 6.42 Å². The zero-order valence-corrected chi connectivity index (χ0v) is 8.94. The first-order valence-electron chi connectivity index (χ1n) is 4.35. The maximum absolute atomic E-state index is 12.0. The predicted octanol–water partition coefficient (Wildman–Crippen LogP) is 1.63. The van der Waals surface area contributed by atoms with Crippen molar-refractivity contribution in [3.05, 3.63) is 23.8 Å². The Bertz CT molecular complexity index is 444. The van der Waals surface area contributed by atoms with E-state index < -0.39 is 21.7 Å². The molecule has 0 saturated carbocycles. The third-order valence-electron chi connectivity index (χ3n) is 1.86. The first-order chi connectivity index (χ1) is 6.87. The van der Waals surface area contributed by atoms with E-state index >= 15 is 0 Å². The average Bonchev–Trinajstić information content (AvgIpc) is 2.01. The molecular weight excluding hydrogens is 224 g/mol. The summed E-state index contributed by atoms with van der Waals surface area (Å²) in [6, 6.07) is 3.13. The van der Waals surface area contributed by atoms with Gasteiger partial charge in [0, 0.05) is 11.1 Å². The lowest BCUT2D eigenvalue weighted by atomic mass is 9.92. The highest BCUT2D eigenvalue weighted by molar-refractivity contribution is 7.89. The molecule has 2 aliphatic rings. The van der Waals surface area contributed by atoms with E-state index in [1.807, 2.05) is 0 Å². The van der Waals surface area contributed by atoms with Gasteiger partial charge in [-0.3, -0.25) is 0 Å². The minimum absolute atomic E-state index is 0.0903. The van der Waals surface area contributed by atoms with Gasteiger partial charge in [-0.2, -0.15) is 0 Å². The van der Waals surface area contributed by atoms with Crippen LogP contribution in [0.15, 0.2) is 12.1 Å². The number of hydrogen-bond donors (Lipinski definition) is 1. The summed E-state index contributed by atoms with van der Waals surface area (Å²) in [6.45, 7) is 1.77. The number of hydrogen-bond acceptors (Lipinski definition) is 2. The molecule has 0 aliphatic heterocycles. The van der Waals surface area contributed by atoms with Gasteiger partial charge < -0.3 is 0 Å². The van der Waals surface area contributed by atoms with Crippen molar-refractivity contribution in [1.82, 2.24) is 0 Å². The van der Waals surface area contributed by atoms with E-state index in [2.05, 4.69) is 5.14 Å². The molecule has 15 heavy (non-hydrogen) atoms. The lowest BCUT2D eigenvalue weighted by Gasteiger charge is -2.16. The van der Waals surface area contributed by atoms with Crippen molar-refractivity contribution in [2.75, 3.05) is 5.75 Å². The van der Waals surface area contributed by atoms with Crippen LogP contribution in [0.2, 0.25) is 0 Å². The summed E-state index contributed by atoms with van der Waals surface area (Å²) in [4.78, 5) is 0. The number of fused-ring (bicyclic) bond motifs is 1. The van der Waals surface area contributed by atoms with Gasteiger partial charge >= 0.3 is 0 Å². The molecule has 0 saturated heterocycles. The van der Waals surface area contributed by atoms with Crippen LogP contribution in [0.3, 0.4) is 0 Å². The molecule has 2 N–H and O–H groups in total. The fourth-order valence-electron chi connectivity index (χ4n) is 1.09. The molecule has 0 spiro atoms. The highest BCUT2D eigenvalue weighted by Gasteiger charge is 2.25. The zero-order chi connectivity index (χ0) is 11.6. The van der Waals surface area contributed by atoms with Crippen LogP contribution in [0.1, 0.15) is 13.3 Å². The van der Waals surface area contributed by atoms with Gasteiger partial charge in [0.2, 0.25) is 10.0 Å². The van der Waals surface area contributed by atoms with Gasteiger partial charge in [-0.15, -0.1) is 0 Å². The van der Waals surface area contributed by atoms with Crippen LogP contribution >= 0.6 is 0 Å². The number of primary sulfonamides is 1. The fraction of sp³-hybridized carbons (Fsp3) is 0.333. The molecule has 0 radical (unpaired) electrons. The summed E-state index contributed by atoms with van der Waals surface area (Å²) >= 11 is 0. The largest absolute Gasteiger partial charge is 0.229 e. The highest BCUT2D eigenvalue weighted by atomic mass is 32.2. The van der Waals surface area contributed by atoms with Crippen LogP contribution in [0, 0.1) is 11.6 Å². The third-order valence-corrected chi connectivity index (χ3v) is 2.84. The van der Waals surface area contributed by atoms with Gasteiger partial charge in [-0.25, -0.2) is 22.3 Å². The molecule has 0 aromatic carbocycles. The lowest BCUT2D eigenvalue weighted by Crippen LogP contribution is -2.15. The van der Waals surface area contributed by atoms with E-state index in [4.69, 9.17) is 0 Å². The van der Waals surface area contributed by atoms with E-state index in [1.54, 1.807) is 19.1 Å². The average molecular weight is 235 g/mol. The number of halogens is 2. The van der Waals surface area contributed by atoms with E-state index in [-0.39, 0.29) is 5.75 Å². The molecule has 2 aliphatic carbocycles. The molecule has 0 heterocycles. The molecule has 0 bridgehead atoms. The van der Waals surface area contributed by atoms with Crippen LogP contribution in [-0.4, -0.2) is 14.2 Å². The lowest BCUT2D eigenvalue weighted by molar-refractivity contribution is 0.494. The van der Waals surface area contributed by atoms with Crippen LogP contribution in [-0.2, 0) is 10.0 Å². The first-order valence-corrected chi connectivity index (χ1v) is 6.07. The van der Waals surface area contributed by atoms with Crippen molar-refractivity contribution in [3.63, 3.8) is 0 Å². The van der Waals surface area contributed by atoms with Gasteiger partial charge in [0.15, 0.2) is 11.6 Å². The van der Waals surface area contributed by atoms with Gasteiger partial charge in [0.1, 0.15) is 0 Å². The topological polar surface area (TPSA) is 60.2 Å². The number of nitrogens with two attached hydrogens (primary N) is 1. The molecule has 0 aromatic heterocycles. The summed E-state index contributed by atoms with van der Waals surface area (Å²) in [5.41, 5.74) is 0.894. The third kappa shape index (κ3) is 2.73. The fourth-order valence-corrected chi connectivity index (χ4v) is 1.66. The smallest absolute Gasteiger partial charge is 0.209 e. The Morgan fingerprint density at radius 1 is 1.20 bits per heavy atom. The quantitative estimate of drug-likeness (QED) is 0.860. The molecule has 0 aromatic rings. The van der Waals surface area contributed by atoms with Crippen molar-refractivity contribution >= 4 is 10.0 Å². The van der Waals surface area contributed by atoms with Gasteiger partial charge in [-0.1, -0.05) is 19.1 Å². The van der Waals surface area contributed by atoms with E-state index in [1.165, 1.54) is 0 Å². The predicted molar refractivity (Wildman–Crippen MR) is 53.6 cm³/mol. The normalized spacial score (nSPS) is 11.7. The molecule has 84 valence electrons. The standard InChI is InChI=1S/C6H2F2.C3H9NO2S/c7-5-3-1-2-4(3)6(5)8;1-2-3-7(4,5)6/h1-2H;2-3H2,1H3,(H2,4,5,6). The summed E-state index contributed by atoms with van der Waals surface area (Å²) in [7, 11) is -3.17. The molecule has 0 atom stereocenters.